The van der Waals surface area contributed by atoms with Crippen molar-refractivity contribution in [3.05, 3.63) is 65.4 Å². The van der Waals surface area contributed by atoms with E-state index in [9.17, 15) is 18.0 Å². The molecule has 1 saturated heterocycles. The minimum atomic E-state index is -1.27. The zero-order chi connectivity index (χ0) is 19.8. The lowest BCUT2D eigenvalue weighted by molar-refractivity contribution is 0.0529. The number of halogens is 3. The maximum Gasteiger partial charge on any atom is 0.344 e. The molecule has 2 aromatic heterocycles. The van der Waals surface area contributed by atoms with Crippen LogP contribution in [0.4, 0.5) is 19.0 Å². The molecule has 0 spiro atoms. The molecular weight excluding hydrogens is 371 g/mol. The summed E-state index contributed by atoms with van der Waals surface area (Å²) in [5.74, 6) is -1.65. The molecule has 3 aromatic rings. The number of carbonyl (C=O) groups is 1. The Hall–Kier alpha value is -3.03. The molecule has 28 heavy (non-hydrogen) atoms. The summed E-state index contributed by atoms with van der Waals surface area (Å²) >= 11 is 0. The van der Waals surface area contributed by atoms with Crippen LogP contribution in [0.15, 0.2) is 42.6 Å². The van der Waals surface area contributed by atoms with E-state index in [4.69, 9.17) is 4.74 Å². The lowest BCUT2D eigenvalue weighted by Gasteiger charge is -2.25. The van der Waals surface area contributed by atoms with Gasteiger partial charge < -0.3 is 9.64 Å². The number of alkyl halides is 1. The highest BCUT2D eigenvalue weighted by Crippen LogP contribution is 2.40. The standard InChI is InChI=1S/C20H18F3N3O2/c1-2-28-20(27)18-16-5-3-4-8-26(16)24-19(18)25-11-13(22)10-17(25)14-9-12(21)6-7-15(14)23/h3-9,13,17H,2,10-11H2,1H3/t13-,17+/m0/s1. The first-order chi connectivity index (χ1) is 13.5. The highest BCUT2D eigenvalue weighted by Gasteiger charge is 2.39. The van der Waals surface area contributed by atoms with Gasteiger partial charge in [0.05, 0.1) is 24.7 Å². The molecule has 2 atom stereocenters. The molecule has 0 saturated carbocycles. The Labute approximate surface area is 159 Å². The molecule has 5 nitrogen and oxygen atoms in total. The van der Waals surface area contributed by atoms with Gasteiger partial charge in [0.15, 0.2) is 5.82 Å². The third kappa shape index (κ3) is 3.08. The number of ether oxygens (including phenoxy) is 1. The molecule has 146 valence electrons. The summed E-state index contributed by atoms with van der Waals surface area (Å²) in [7, 11) is 0. The van der Waals surface area contributed by atoms with E-state index in [1.165, 1.54) is 9.42 Å². The maximum atomic E-state index is 14.4. The number of carbonyl (C=O) groups excluding carboxylic acids is 1. The van der Waals surface area contributed by atoms with Crippen LogP contribution in [-0.2, 0) is 4.74 Å². The van der Waals surface area contributed by atoms with Crippen molar-refractivity contribution in [2.75, 3.05) is 18.1 Å². The Balaban J connectivity index is 1.87. The fourth-order valence-electron chi connectivity index (χ4n) is 3.67. The van der Waals surface area contributed by atoms with Crippen LogP contribution in [0, 0.1) is 11.6 Å². The van der Waals surface area contributed by atoms with Crippen LogP contribution in [0.1, 0.15) is 35.3 Å². The largest absolute Gasteiger partial charge is 0.462 e. The summed E-state index contributed by atoms with van der Waals surface area (Å²) in [4.78, 5) is 14.1. The summed E-state index contributed by atoms with van der Waals surface area (Å²) in [6, 6.07) is 7.49. The van der Waals surface area contributed by atoms with E-state index in [0.29, 0.717) is 5.52 Å². The average molecular weight is 389 g/mol. The van der Waals surface area contributed by atoms with Crippen LogP contribution in [0.3, 0.4) is 0 Å². The number of aromatic nitrogens is 2. The number of anilines is 1. The molecular formula is C20H18F3N3O2. The third-order valence-corrected chi connectivity index (χ3v) is 4.84. The molecule has 1 aliphatic heterocycles. The van der Waals surface area contributed by atoms with Gasteiger partial charge in [0.2, 0.25) is 0 Å². The first-order valence-corrected chi connectivity index (χ1v) is 8.99. The Morgan fingerprint density at radius 1 is 1.29 bits per heavy atom. The topological polar surface area (TPSA) is 46.8 Å². The first-order valence-electron chi connectivity index (χ1n) is 8.99. The molecule has 0 amide bonds. The third-order valence-electron chi connectivity index (χ3n) is 4.84. The van der Waals surface area contributed by atoms with E-state index in [2.05, 4.69) is 5.10 Å². The highest BCUT2D eigenvalue weighted by atomic mass is 19.1. The minimum absolute atomic E-state index is 0.0312. The molecule has 0 N–H and O–H groups in total. The first kappa shape index (κ1) is 18.3. The van der Waals surface area contributed by atoms with Gasteiger partial charge in [-0.3, -0.25) is 0 Å². The van der Waals surface area contributed by atoms with E-state index in [-0.39, 0.29) is 36.5 Å². The number of esters is 1. The summed E-state index contributed by atoms with van der Waals surface area (Å²) in [5.41, 5.74) is 0.710. The predicted octanol–water partition coefficient (Wildman–Crippen LogP) is 4.08. The smallest absolute Gasteiger partial charge is 0.344 e. The van der Waals surface area contributed by atoms with Crippen LogP contribution >= 0.6 is 0 Å². The zero-order valence-electron chi connectivity index (χ0n) is 15.1. The van der Waals surface area contributed by atoms with E-state index in [1.54, 1.807) is 31.3 Å². The van der Waals surface area contributed by atoms with Crippen molar-refractivity contribution >= 4 is 17.3 Å². The second kappa shape index (κ2) is 7.18. The number of fused-ring (bicyclic) bond motifs is 1. The number of benzene rings is 1. The summed E-state index contributed by atoms with van der Waals surface area (Å²) in [6.07, 6.45) is 0.353. The maximum absolute atomic E-state index is 14.4. The highest BCUT2D eigenvalue weighted by molar-refractivity contribution is 6.02. The van der Waals surface area contributed by atoms with Crippen LogP contribution < -0.4 is 4.90 Å². The van der Waals surface area contributed by atoms with E-state index in [1.807, 2.05) is 0 Å². The van der Waals surface area contributed by atoms with Crippen molar-refractivity contribution in [1.82, 2.24) is 9.61 Å². The molecule has 4 rings (SSSR count). The Morgan fingerprint density at radius 3 is 2.89 bits per heavy atom. The number of hydrogen-bond acceptors (Lipinski definition) is 4. The van der Waals surface area contributed by atoms with Crippen molar-refractivity contribution in [2.45, 2.75) is 25.6 Å². The van der Waals surface area contributed by atoms with Crippen molar-refractivity contribution in [2.24, 2.45) is 0 Å². The lowest BCUT2D eigenvalue weighted by Crippen LogP contribution is -2.26. The zero-order valence-corrected chi connectivity index (χ0v) is 15.1. The predicted molar refractivity (Wildman–Crippen MR) is 97.1 cm³/mol. The normalized spacial score (nSPS) is 19.4. The van der Waals surface area contributed by atoms with Crippen LogP contribution in [0.25, 0.3) is 5.52 Å². The van der Waals surface area contributed by atoms with Crippen LogP contribution in [-0.4, -0.2) is 34.9 Å². The van der Waals surface area contributed by atoms with Gasteiger partial charge >= 0.3 is 5.97 Å². The van der Waals surface area contributed by atoms with Crippen molar-refractivity contribution in [3.8, 4) is 0 Å². The molecule has 8 heteroatoms. The van der Waals surface area contributed by atoms with Gasteiger partial charge in [0, 0.05) is 18.2 Å². The SMILES string of the molecule is CCOC(=O)c1c(N2C[C@@H](F)C[C@@H]2c2cc(F)ccc2F)nn2ccccc12. The van der Waals surface area contributed by atoms with Gasteiger partial charge in [-0.2, -0.15) is 0 Å². The van der Waals surface area contributed by atoms with E-state index >= 15 is 0 Å². The van der Waals surface area contributed by atoms with Gasteiger partial charge in [0.1, 0.15) is 23.4 Å². The van der Waals surface area contributed by atoms with Crippen LogP contribution in [0.2, 0.25) is 0 Å². The summed E-state index contributed by atoms with van der Waals surface area (Å²) in [6.45, 7) is 1.76. The summed E-state index contributed by atoms with van der Waals surface area (Å²) in [5, 5.41) is 4.42. The average Bonchev–Trinajstić information content (AvgIpc) is 3.24. The van der Waals surface area contributed by atoms with Crippen molar-refractivity contribution in [3.63, 3.8) is 0 Å². The van der Waals surface area contributed by atoms with Gasteiger partial charge in [-0.05, 0) is 37.3 Å². The second-order valence-corrected chi connectivity index (χ2v) is 6.62. The Bertz CT molecular complexity index is 1040. The molecule has 0 radical (unpaired) electrons. The molecule has 3 heterocycles. The van der Waals surface area contributed by atoms with E-state index in [0.717, 1.165) is 18.2 Å². The molecule has 0 unspecified atom stereocenters. The van der Waals surface area contributed by atoms with Crippen molar-refractivity contribution < 1.29 is 22.7 Å². The molecule has 0 aliphatic carbocycles. The molecule has 1 aliphatic rings. The summed E-state index contributed by atoms with van der Waals surface area (Å²) < 4.78 is 49.1. The molecule has 1 fully saturated rings. The lowest BCUT2D eigenvalue weighted by atomic mass is 10.0. The van der Waals surface area contributed by atoms with Crippen LogP contribution in [0.5, 0.6) is 0 Å². The Morgan fingerprint density at radius 2 is 2.11 bits per heavy atom. The van der Waals surface area contributed by atoms with Gasteiger partial charge in [-0.15, -0.1) is 5.10 Å². The number of rotatable bonds is 4. The fraction of sp³-hybridized carbons (Fsp3) is 0.300. The fourth-order valence-corrected chi connectivity index (χ4v) is 3.67. The van der Waals surface area contributed by atoms with Gasteiger partial charge in [-0.1, -0.05) is 6.07 Å². The second-order valence-electron chi connectivity index (χ2n) is 6.62. The van der Waals surface area contributed by atoms with Crippen molar-refractivity contribution in [1.29, 1.82) is 0 Å². The number of hydrogen-bond donors (Lipinski definition) is 0. The number of pyridine rings is 1. The van der Waals surface area contributed by atoms with E-state index < -0.39 is 29.8 Å². The monoisotopic (exact) mass is 389 g/mol. The number of nitrogens with zero attached hydrogens (tertiary/aromatic N) is 3. The Kier molecular flexibility index (Phi) is 4.70. The minimum Gasteiger partial charge on any atom is -0.462 e. The molecule has 1 aromatic carbocycles. The molecule has 0 bridgehead atoms. The van der Waals surface area contributed by atoms with Gasteiger partial charge in [-0.25, -0.2) is 22.5 Å². The quantitative estimate of drug-likeness (QED) is 0.631. The van der Waals surface area contributed by atoms with Gasteiger partial charge in [0.25, 0.3) is 0 Å².